The molecule has 1 aromatic rings. The van der Waals surface area contributed by atoms with Crippen LogP contribution >= 0.6 is 11.6 Å². The van der Waals surface area contributed by atoms with Crippen LogP contribution in [0.3, 0.4) is 0 Å². The standard InChI is InChI=1S/C16H24ClNO/c1-18-12-16(8-4-3-5-9-16)11-13-10-14(17)6-7-15(13)19-2/h6-7,10,18H,3-5,8-9,11-12H2,1-2H3. The van der Waals surface area contributed by atoms with Crippen molar-refractivity contribution in [1.29, 1.82) is 0 Å². The molecule has 0 spiro atoms. The summed E-state index contributed by atoms with van der Waals surface area (Å²) < 4.78 is 5.49. The topological polar surface area (TPSA) is 21.3 Å². The van der Waals surface area contributed by atoms with Crippen molar-refractivity contribution in [3.05, 3.63) is 28.8 Å². The largest absolute Gasteiger partial charge is 0.496 e. The van der Waals surface area contributed by atoms with Crippen LogP contribution in [0.5, 0.6) is 5.75 Å². The maximum Gasteiger partial charge on any atom is 0.122 e. The number of hydrogen-bond acceptors (Lipinski definition) is 2. The van der Waals surface area contributed by atoms with Crippen molar-refractivity contribution < 1.29 is 4.74 Å². The Morgan fingerprint density at radius 2 is 2.00 bits per heavy atom. The molecule has 3 heteroatoms. The van der Waals surface area contributed by atoms with Gasteiger partial charge in [-0.1, -0.05) is 30.9 Å². The fourth-order valence-electron chi connectivity index (χ4n) is 3.38. The lowest BCUT2D eigenvalue weighted by Gasteiger charge is -2.38. The number of rotatable bonds is 5. The summed E-state index contributed by atoms with van der Waals surface area (Å²) in [6, 6.07) is 5.94. The first-order valence-corrected chi connectivity index (χ1v) is 7.54. The van der Waals surface area contributed by atoms with Gasteiger partial charge in [-0.3, -0.25) is 0 Å². The lowest BCUT2D eigenvalue weighted by Crippen LogP contribution is -2.36. The van der Waals surface area contributed by atoms with Crippen LogP contribution in [0.15, 0.2) is 18.2 Å². The van der Waals surface area contributed by atoms with Crippen LogP contribution in [0, 0.1) is 5.41 Å². The molecule has 2 rings (SSSR count). The molecule has 0 radical (unpaired) electrons. The Morgan fingerprint density at radius 1 is 1.26 bits per heavy atom. The summed E-state index contributed by atoms with van der Waals surface area (Å²) in [5.74, 6) is 0.963. The highest BCUT2D eigenvalue weighted by atomic mass is 35.5. The molecule has 19 heavy (non-hydrogen) atoms. The summed E-state index contributed by atoms with van der Waals surface area (Å²) in [6.45, 7) is 1.07. The van der Waals surface area contributed by atoms with Gasteiger partial charge in [0, 0.05) is 11.6 Å². The Balaban J connectivity index is 2.23. The molecule has 1 fully saturated rings. The Labute approximate surface area is 121 Å². The molecule has 2 nitrogen and oxygen atoms in total. The van der Waals surface area contributed by atoms with Gasteiger partial charge in [-0.05, 0) is 55.5 Å². The summed E-state index contributed by atoms with van der Waals surface area (Å²) in [4.78, 5) is 0. The molecule has 0 aliphatic heterocycles. The van der Waals surface area contributed by atoms with Gasteiger partial charge < -0.3 is 10.1 Å². The van der Waals surface area contributed by atoms with E-state index in [0.717, 1.165) is 23.7 Å². The lowest BCUT2D eigenvalue weighted by atomic mass is 9.70. The highest BCUT2D eigenvalue weighted by molar-refractivity contribution is 6.30. The smallest absolute Gasteiger partial charge is 0.122 e. The van der Waals surface area contributed by atoms with Gasteiger partial charge in [0.15, 0.2) is 0 Å². The van der Waals surface area contributed by atoms with Crippen molar-refractivity contribution in [2.24, 2.45) is 5.41 Å². The summed E-state index contributed by atoms with van der Waals surface area (Å²) in [5.41, 5.74) is 1.61. The van der Waals surface area contributed by atoms with E-state index in [2.05, 4.69) is 11.4 Å². The number of ether oxygens (including phenoxy) is 1. The van der Waals surface area contributed by atoms with Gasteiger partial charge in [0.25, 0.3) is 0 Å². The maximum atomic E-state index is 6.14. The normalized spacial score (nSPS) is 18.3. The van der Waals surface area contributed by atoms with Crippen molar-refractivity contribution in [1.82, 2.24) is 5.32 Å². The minimum absolute atomic E-state index is 0.366. The third-order valence-electron chi connectivity index (χ3n) is 4.27. The van der Waals surface area contributed by atoms with E-state index in [1.807, 2.05) is 19.2 Å². The van der Waals surface area contributed by atoms with E-state index in [1.165, 1.54) is 37.7 Å². The molecule has 0 amide bonds. The second kappa shape index (κ2) is 6.62. The molecule has 1 N–H and O–H groups in total. The van der Waals surface area contributed by atoms with E-state index in [-0.39, 0.29) is 0 Å². The molecule has 1 aromatic carbocycles. The molecule has 0 bridgehead atoms. The molecule has 0 saturated heterocycles. The van der Waals surface area contributed by atoms with Crippen molar-refractivity contribution in [3.63, 3.8) is 0 Å². The quantitative estimate of drug-likeness (QED) is 0.879. The van der Waals surface area contributed by atoms with Gasteiger partial charge >= 0.3 is 0 Å². The molecule has 1 aliphatic rings. The minimum Gasteiger partial charge on any atom is -0.496 e. The zero-order chi connectivity index (χ0) is 13.7. The molecule has 0 heterocycles. The van der Waals surface area contributed by atoms with E-state index in [0.29, 0.717) is 5.41 Å². The van der Waals surface area contributed by atoms with Crippen LogP contribution in [0.4, 0.5) is 0 Å². The maximum absolute atomic E-state index is 6.14. The first kappa shape index (κ1) is 14.7. The number of methoxy groups -OCH3 is 1. The van der Waals surface area contributed by atoms with E-state index < -0.39 is 0 Å². The lowest BCUT2D eigenvalue weighted by molar-refractivity contribution is 0.183. The van der Waals surface area contributed by atoms with Crippen LogP contribution in [-0.2, 0) is 6.42 Å². The Bertz CT molecular complexity index is 408. The first-order chi connectivity index (χ1) is 9.19. The highest BCUT2D eigenvalue weighted by Crippen LogP contribution is 2.40. The monoisotopic (exact) mass is 281 g/mol. The Morgan fingerprint density at radius 3 is 2.63 bits per heavy atom. The minimum atomic E-state index is 0.366. The molecule has 0 unspecified atom stereocenters. The Kier molecular flexibility index (Phi) is 5.12. The van der Waals surface area contributed by atoms with Gasteiger partial charge in [-0.15, -0.1) is 0 Å². The van der Waals surface area contributed by atoms with Crippen LogP contribution in [-0.4, -0.2) is 20.7 Å². The predicted molar refractivity (Wildman–Crippen MR) is 81.2 cm³/mol. The average Bonchev–Trinajstić information content (AvgIpc) is 2.40. The Hall–Kier alpha value is -0.730. The van der Waals surface area contributed by atoms with Crippen molar-refractivity contribution in [2.45, 2.75) is 38.5 Å². The van der Waals surface area contributed by atoms with E-state index in [4.69, 9.17) is 16.3 Å². The fourth-order valence-corrected chi connectivity index (χ4v) is 3.58. The van der Waals surface area contributed by atoms with E-state index in [1.54, 1.807) is 7.11 Å². The molecule has 1 aliphatic carbocycles. The van der Waals surface area contributed by atoms with Gasteiger partial charge in [-0.2, -0.15) is 0 Å². The molecule has 106 valence electrons. The highest BCUT2D eigenvalue weighted by Gasteiger charge is 2.32. The van der Waals surface area contributed by atoms with Crippen molar-refractivity contribution in [2.75, 3.05) is 20.7 Å². The summed E-state index contributed by atoms with van der Waals surface area (Å²) >= 11 is 6.14. The number of nitrogens with one attached hydrogen (secondary N) is 1. The van der Waals surface area contributed by atoms with E-state index in [9.17, 15) is 0 Å². The zero-order valence-electron chi connectivity index (χ0n) is 12.0. The third-order valence-corrected chi connectivity index (χ3v) is 4.51. The predicted octanol–water partition coefficient (Wildman–Crippen LogP) is 4.06. The molecular formula is C16H24ClNO. The van der Waals surface area contributed by atoms with Gasteiger partial charge in [-0.25, -0.2) is 0 Å². The van der Waals surface area contributed by atoms with Gasteiger partial charge in [0.1, 0.15) is 5.75 Å². The van der Waals surface area contributed by atoms with Crippen LogP contribution in [0.2, 0.25) is 5.02 Å². The second-order valence-electron chi connectivity index (χ2n) is 5.72. The van der Waals surface area contributed by atoms with Crippen LogP contribution < -0.4 is 10.1 Å². The van der Waals surface area contributed by atoms with Gasteiger partial charge in [0.05, 0.1) is 7.11 Å². The zero-order valence-corrected chi connectivity index (χ0v) is 12.7. The molecular weight excluding hydrogens is 258 g/mol. The van der Waals surface area contributed by atoms with Crippen LogP contribution in [0.25, 0.3) is 0 Å². The fraction of sp³-hybridized carbons (Fsp3) is 0.625. The second-order valence-corrected chi connectivity index (χ2v) is 6.16. The summed E-state index contributed by atoms with van der Waals surface area (Å²) in [6.07, 6.45) is 7.69. The molecule has 1 saturated carbocycles. The van der Waals surface area contributed by atoms with Gasteiger partial charge in [0.2, 0.25) is 0 Å². The van der Waals surface area contributed by atoms with E-state index >= 15 is 0 Å². The van der Waals surface area contributed by atoms with Crippen LogP contribution in [0.1, 0.15) is 37.7 Å². The number of halogens is 1. The molecule has 0 aromatic heterocycles. The average molecular weight is 282 g/mol. The summed E-state index contributed by atoms with van der Waals surface area (Å²) in [5, 5.41) is 4.17. The SMILES string of the molecule is CNCC1(Cc2cc(Cl)ccc2OC)CCCCC1. The summed E-state index contributed by atoms with van der Waals surface area (Å²) in [7, 11) is 3.78. The third kappa shape index (κ3) is 3.64. The van der Waals surface area contributed by atoms with Crippen molar-refractivity contribution >= 4 is 11.6 Å². The number of hydrogen-bond donors (Lipinski definition) is 1. The first-order valence-electron chi connectivity index (χ1n) is 7.16. The molecule has 0 atom stereocenters. The van der Waals surface area contributed by atoms with Crippen molar-refractivity contribution in [3.8, 4) is 5.75 Å². The number of benzene rings is 1.